The van der Waals surface area contributed by atoms with E-state index in [-0.39, 0.29) is 5.78 Å². The lowest BCUT2D eigenvalue weighted by Crippen LogP contribution is -2.31. The lowest BCUT2D eigenvalue weighted by atomic mass is 10.2. The Bertz CT molecular complexity index is 399. The summed E-state index contributed by atoms with van der Waals surface area (Å²) in [4.78, 5) is 11.7. The lowest BCUT2D eigenvalue weighted by molar-refractivity contribution is 0.0988. The summed E-state index contributed by atoms with van der Waals surface area (Å²) in [7, 11) is 1.95. The molecule has 0 saturated heterocycles. The first kappa shape index (κ1) is 10.3. The second kappa shape index (κ2) is 4.12. The summed E-state index contributed by atoms with van der Waals surface area (Å²) in [6, 6.07) is 1.87. The highest BCUT2D eigenvalue weighted by molar-refractivity contribution is 7.14. The number of carbonyl (C=O) groups is 1. The second-order valence-electron chi connectivity index (χ2n) is 3.34. The molecule has 1 aliphatic heterocycles. The fraction of sp³-hybridized carbons (Fsp3) is 0.400. The Morgan fingerprint density at radius 3 is 3.07 bits per heavy atom. The standard InChI is InChI=1S/C10H13N3OS/c1-3-9(14)8-4-7-15-10(8)13-11-5-6-12(13)2/h4-5,7H,3,6H2,1-2H3. The number of thiophene rings is 1. The van der Waals surface area contributed by atoms with Gasteiger partial charge in [0.15, 0.2) is 5.78 Å². The molecule has 2 rings (SSSR count). The maximum absolute atomic E-state index is 11.7. The molecule has 0 radical (unpaired) electrons. The zero-order chi connectivity index (χ0) is 10.8. The molecule has 0 atom stereocenters. The molecular weight excluding hydrogens is 210 g/mol. The third kappa shape index (κ3) is 1.80. The molecule has 5 heteroatoms. The van der Waals surface area contributed by atoms with Gasteiger partial charge in [-0.1, -0.05) is 6.92 Å². The zero-order valence-electron chi connectivity index (χ0n) is 8.80. The third-order valence-electron chi connectivity index (χ3n) is 2.31. The number of nitrogens with zero attached hydrogens (tertiary/aromatic N) is 3. The van der Waals surface area contributed by atoms with Gasteiger partial charge in [-0.15, -0.1) is 11.3 Å². The largest absolute Gasteiger partial charge is 0.294 e. The van der Waals surface area contributed by atoms with Crippen LogP contribution in [0, 0.1) is 0 Å². The number of Topliss-reactive ketones (excluding diaryl/α,β-unsaturated/α-hetero) is 1. The number of hydrogen-bond acceptors (Lipinski definition) is 5. The predicted molar refractivity (Wildman–Crippen MR) is 62.5 cm³/mol. The Kier molecular flexibility index (Phi) is 2.83. The molecule has 0 spiro atoms. The first-order valence-electron chi connectivity index (χ1n) is 4.88. The normalized spacial score (nSPS) is 16.3. The molecule has 1 aromatic heterocycles. The summed E-state index contributed by atoms with van der Waals surface area (Å²) >= 11 is 1.54. The van der Waals surface area contributed by atoms with Crippen LogP contribution < -0.4 is 5.12 Å². The highest BCUT2D eigenvalue weighted by Crippen LogP contribution is 2.30. The van der Waals surface area contributed by atoms with E-state index in [1.807, 2.05) is 36.6 Å². The highest BCUT2D eigenvalue weighted by atomic mass is 32.1. The van der Waals surface area contributed by atoms with Crippen LogP contribution in [0.5, 0.6) is 0 Å². The molecule has 0 aliphatic carbocycles. The maximum Gasteiger partial charge on any atom is 0.165 e. The Labute approximate surface area is 92.8 Å². The lowest BCUT2D eigenvalue weighted by Gasteiger charge is -2.21. The van der Waals surface area contributed by atoms with Crippen LogP contribution in [-0.4, -0.2) is 30.6 Å². The van der Waals surface area contributed by atoms with Crippen LogP contribution >= 0.6 is 11.3 Å². The van der Waals surface area contributed by atoms with Crippen molar-refractivity contribution in [2.45, 2.75) is 13.3 Å². The van der Waals surface area contributed by atoms with Crippen molar-refractivity contribution in [2.75, 3.05) is 18.7 Å². The smallest absolute Gasteiger partial charge is 0.165 e. The Morgan fingerprint density at radius 2 is 2.47 bits per heavy atom. The molecule has 80 valence electrons. The van der Waals surface area contributed by atoms with Crippen molar-refractivity contribution in [2.24, 2.45) is 5.10 Å². The van der Waals surface area contributed by atoms with Gasteiger partial charge in [-0.2, -0.15) is 15.2 Å². The molecule has 0 amide bonds. The Balaban J connectivity index is 2.32. The first-order valence-corrected chi connectivity index (χ1v) is 5.76. The van der Waals surface area contributed by atoms with Gasteiger partial charge in [0.1, 0.15) is 5.00 Å². The number of hydrogen-bond donors (Lipinski definition) is 0. The van der Waals surface area contributed by atoms with Crippen molar-refractivity contribution in [3.05, 3.63) is 17.0 Å². The number of anilines is 1. The number of hydrazine groups is 1. The fourth-order valence-corrected chi connectivity index (χ4v) is 2.39. The van der Waals surface area contributed by atoms with E-state index in [9.17, 15) is 4.79 Å². The van der Waals surface area contributed by atoms with Crippen LogP contribution in [0.3, 0.4) is 0 Å². The van der Waals surface area contributed by atoms with Gasteiger partial charge < -0.3 is 0 Å². The Hall–Kier alpha value is -1.20. The van der Waals surface area contributed by atoms with Crippen LogP contribution in [-0.2, 0) is 0 Å². The fourth-order valence-electron chi connectivity index (χ4n) is 1.46. The quantitative estimate of drug-likeness (QED) is 0.735. The molecule has 15 heavy (non-hydrogen) atoms. The van der Waals surface area contributed by atoms with Crippen LogP contribution in [0.4, 0.5) is 5.00 Å². The molecule has 4 nitrogen and oxygen atoms in total. The maximum atomic E-state index is 11.7. The molecule has 0 fully saturated rings. The van der Waals surface area contributed by atoms with Crippen molar-refractivity contribution in [1.82, 2.24) is 5.01 Å². The Morgan fingerprint density at radius 1 is 1.67 bits per heavy atom. The third-order valence-corrected chi connectivity index (χ3v) is 3.19. The van der Waals surface area contributed by atoms with E-state index in [1.54, 1.807) is 16.5 Å². The van der Waals surface area contributed by atoms with E-state index >= 15 is 0 Å². The van der Waals surface area contributed by atoms with Gasteiger partial charge in [-0.25, -0.2) is 0 Å². The molecule has 0 aromatic carbocycles. The molecule has 0 saturated carbocycles. The van der Waals surface area contributed by atoms with Crippen molar-refractivity contribution >= 4 is 28.3 Å². The van der Waals surface area contributed by atoms with E-state index in [4.69, 9.17) is 0 Å². The molecule has 1 aliphatic rings. The zero-order valence-corrected chi connectivity index (χ0v) is 9.62. The van der Waals surface area contributed by atoms with Gasteiger partial charge >= 0.3 is 0 Å². The van der Waals surface area contributed by atoms with Crippen LogP contribution in [0.1, 0.15) is 23.7 Å². The second-order valence-corrected chi connectivity index (χ2v) is 4.24. The van der Waals surface area contributed by atoms with E-state index < -0.39 is 0 Å². The van der Waals surface area contributed by atoms with Gasteiger partial charge in [0.25, 0.3) is 0 Å². The molecule has 0 N–H and O–H groups in total. The van der Waals surface area contributed by atoms with Crippen LogP contribution in [0.15, 0.2) is 16.5 Å². The number of hydrazone groups is 1. The number of ketones is 1. The minimum Gasteiger partial charge on any atom is -0.294 e. The summed E-state index contributed by atoms with van der Waals surface area (Å²) in [5.74, 6) is 0.168. The van der Waals surface area contributed by atoms with Crippen LogP contribution in [0.25, 0.3) is 0 Å². The summed E-state index contributed by atoms with van der Waals surface area (Å²) in [6.07, 6.45) is 2.37. The summed E-state index contributed by atoms with van der Waals surface area (Å²) in [6.45, 7) is 2.67. The van der Waals surface area contributed by atoms with Gasteiger partial charge in [-0.05, 0) is 11.4 Å². The van der Waals surface area contributed by atoms with E-state index in [0.29, 0.717) is 6.42 Å². The van der Waals surface area contributed by atoms with Crippen molar-refractivity contribution in [1.29, 1.82) is 0 Å². The SMILES string of the molecule is CCC(=O)c1ccsc1N1N=CCN1C. The van der Waals surface area contributed by atoms with Gasteiger partial charge in [-0.3, -0.25) is 4.79 Å². The average Bonchev–Trinajstić information content (AvgIpc) is 2.84. The van der Waals surface area contributed by atoms with E-state index in [2.05, 4.69) is 5.10 Å². The summed E-state index contributed by atoms with van der Waals surface area (Å²) < 4.78 is 0. The number of carbonyl (C=O) groups excluding carboxylic acids is 1. The van der Waals surface area contributed by atoms with Gasteiger partial charge in [0.05, 0.1) is 12.1 Å². The average molecular weight is 223 g/mol. The molecule has 0 unspecified atom stereocenters. The topological polar surface area (TPSA) is 35.9 Å². The van der Waals surface area contributed by atoms with Crippen LogP contribution in [0.2, 0.25) is 0 Å². The summed E-state index contributed by atoms with van der Waals surface area (Å²) in [5.41, 5.74) is 0.772. The minimum atomic E-state index is 0.168. The molecule has 0 bridgehead atoms. The van der Waals surface area contributed by atoms with E-state index in [0.717, 1.165) is 17.1 Å². The van der Waals surface area contributed by atoms with Gasteiger partial charge in [0, 0.05) is 19.7 Å². The van der Waals surface area contributed by atoms with Crippen molar-refractivity contribution in [3.8, 4) is 0 Å². The highest BCUT2D eigenvalue weighted by Gasteiger charge is 2.22. The van der Waals surface area contributed by atoms with Gasteiger partial charge in [0.2, 0.25) is 0 Å². The van der Waals surface area contributed by atoms with E-state index in [1.165, 1.54) is 0 Å². The molecule has 1 aromatic rings. The summed E-state index contributed by atoms with van der Waals surface area (Å²) in [5, 5.41) is 10.8. The number of rotatable bonds is 3. The first-order chi connectivity index (χ1) is 7.24. The van der Waals surface area contributed by atoms with Crippen molar-refractivity contribution in [3.63, 3.8) is 0 Å². The van der Waals surface area contributed by atoms with Crippen molar-refractivity contribution < 1.29 is 4.79 Å². The minimum absolute atomic E-state index is 0.168. The monoisotopic (exact) mass is 223 g/mol. The predicted octanol–water partition coefficient (Wildman–Crippen LogP) is 1.99. The molecular formula is C10H13N3OS. The molecule has 2 heterocycles.